The fraction of sp³-hybridized carbons (Fsp3) is 0.722. The molecule has 0 aromatic carbocycles. The number of alkyl carbamates (subject to hydrolysis) is 1. The maximum atomic E-state index is 12.3. The quantitative estimate of drug-likeness (QED) is 0.194. The molecular weight excluding hydrogens is 354 g/mol. The monoisotopic (exact) mass is 387 g/mol. The maximum Gasteiger partial charge on any atom is 0.407 e. The van der Waals surface area contributed by atoms with Gasteiger partial charge in [0.1, 0.15) is 19.8 Å². The molecular formula is C18H33N3O6. The zero-order valence-electron chi connectivity index (χ0n) is 16.7. The van der Waals surface area contributed by atoms with Crippen molar-refractivity contribution in [3.8, 4) is 0 Å². The summed E-state index contributed by atoms with van der Waals surface area (Å²) in [6.45, 7) is 10.5. The van der Waals surface area contributed by atoms with E-state index in [4.69, 9.17) is 20.9 Å². The Morgan fingerprint density at radius 2 is 1.48 bits per heavy atom. The molecule has 0 aromatic rings. The summed E-state index contributed by atoms with van der Waals surface area (Å²) in [7, 11) is 0. The van der Waals surface area contributed by atoms with Crippen molar-refractivity contribution < 1.29 is 28.6 Å². The van der Waals surface area contributed by atoms with E-state index >= 15 is 0 Å². The number of esters is 2. The van der Waals surface area contributed by atoms with Crippen molar-refractivity contribution >= 4 is 18.0 Å². The summed E-state index contributed by atoms with van der Waals surface area (Å²) in [6.07, 6.45) is 1.18. The summed E-state index contributed by atoms with van der Waals surface area (Å²) >= 11 is 0. The Labute approximate surface area is 160 Å². The van der Waals surface area contributed by atoms with E-state index in [2.05, 4.69) is 16.6 Å². The highest BCUT2D eigenvalue weighted by atomic mass is 16.6. The lowest BCUT2D eigenvalue weighted by atomic mass is 9.83. The minimum atomic E-state index is -0.705. The van der Waals surface area contributed by atoms with Gasteiger partial charge in [0.25, 0.3) is 0 Å². The highest BCUT2D eigenvalue weighted by molar-refractivity contribution is 5.81. The Balaban J connectivity index is 4.17. The molecule has 0 aromatic heterocycles. The van der Waals surface area contributed by atoms with Crippen LogP contribution in [-0.2, 0) is 23.8 Å². The Bertz CT molecular complexity index is 492. The predicted molar refractivity (Wildman–Crippen MR) is 101 cm³/mol. The third kappa shape index (κ3) is 14.7. The van der Waals surface area contributed by atoms with Crippen LogP contribution in [0.4, 0.5) is 4.79 Å². The molecule has 0 saturated heterocycles. The van der Waals surface area contributed by atoms with E-state index in [0.29, 0.717) is 12.8 Å². The summed E-state index contributed by atoms with van der Waals surface area (Å²) in [5, 5.41) is 2.39. The maximum absolute atomic E-state index is 12.3. The largest absolute Gasteiger partial charge is 0.462 e. The summed E-state index contributed by atoms with van der Waals surface area (Å²) in [4.78, 5) is 34.6. The average molecular weight is 387 g/mol. The number of carbonyl (C=O) groups excluding carboxylic acids is 3. The van der Waals surface area contributed by atoms with E-state index in [1.54, 1.807) is 0 Å². The average Bonchev–Trinajstić information content (AvgIpc) is 2.51. The van der Waals surface area contributed by atoms with E-state index in [9.17, 15) is 14.4 Å². The first-order valence-corrected chi connectivity index (χ1v) is 8.78. The summed E-state index contributed by atoms with van der Waals surface area (Å²) in [5.74, 6) is -1.45. The number of ether oxygens (including phenoxy) is 3. The predicted octanol–water partition coefficient (Wildman–Crippen LogP) is 0.856. The van der Waals surface area contributed by atoms with Gasteiger partial charge in [-0.2, -0.15) is 0 Å². The van der Waals surface area contributed by atoms with Gasteiger partial charge < -0.3 is 31.0 Å². The molecule has 1 amide bonds. The van der Waals surface area contributed by atoms with Gasteiger partial charge in [-0.3, -0.25) is 4.79 Å². The van der Waals surface area contributed by atoms with E-state index < -0.39 is 35.0 Å². The molecule has 0 heterocycles. The molecule has 0 aliphatic carbocycles. The summed E-state index contributed by atoms with van der Waals surface area (Å²) in [6, 6.07) is 0. The van der Waals surface area contributed by atoms with Crippen LogP contribution in [-0.4, -0.2) is 55.5 Å². The van der Waals surface area contributed by atoms with Crippen LogP contribution in [0.2, 0.25) is 0 Å². The highest BCUT2D eigenvalue weighted by Gasteiger charge is 2.30. The number of hydrogen-bond acceptors (Lipinski definition) is 8. The molecule has 0 radical (unpaired) electrons. The van der Waals surface area contributed by atoms with Crippen molar-refractivity contribution in [3.05, 3.63) is 12.7 Å². The molecule has 0 rings (SSSR count). The minimum Gasteiger partial charge on any atom is -0.462 e. The number of rotatable bonds is 12. The molecule has 0 spiro atoms. The molecule has 0 saturated carbocycles. The molecule has 0 unspecified atom stereocenters. The summed E-state index contributed by atoms with van der Waals surface area (Å²) in [5.41, 5.74) is 10.9. The lowest BCUT2D eigenvalue weighted by molar-refractivity contribution is -0.151. The highest BCUT2D eigenvalue weighted by Crippen LogP contribution is 2.23. The second kappa shape index (κ2) is 11.6. The van der Waals surface area contributed by atoms with Gasteiger partial charge in [-0.05, 0) is 40.5 Å². The molecule has 156 valence electrons. The van der Waals surface area contributed by atoms with Crippen LogP contribution < -0.4 is 16.8 Å². The number of nitrogens with two attached hydrogens (primary N) is 2. The SMILES string of the molecule is C=CC(=O)OCCNC(=O)OCCOC(=O)C(CC(C)(C)N)CC(C)(C)N. The van der Waals surface area contributed by atoms with Crippen LogP contribution >= 0.6 is 0 Å². The van der Waals surface area contributed by atoms with Crippen LogP contribution in [0.15, 0.2) is 12.7 Å². The molecule has 0 bridgehead atoms. The van der Waals surface area contributed by atoms with Gasteiger partial charge in [-0.15, -0.1) is 0 Å². The van der Waals surface area contributed by atoms with Crippen LogP contribution in [0, 0.1) is 5.92 Å². The van der Waals surface area contributed by atoms with Gasteiger partial charge in [-0.1, -0.05) is 6.58 Å². The van der Waals surface area contributed by atoms with Crippen molar-refractivity contribution in [2.45, 2.75) is 51.6 Å². The molecule has 27 heavy (non-hydrogen) atoms. The number of carbonyl (C=O) groups is 3. The minimum absolute atomic E-state index is 0.000365. The van der Waals surface area contributed by atoms with Crippen molar-refractivity contribution in [1.82, 2.24) is 5.32 Å². The van der Waals surface area contributed by atoms with E-state index in [1.165, 1.54) is 0 Å². The van der Waals surface area contributed by atoms with Crippen molar-refractivity contribution in [1.29, 1.82) is 0 Å². The zero-order chi connectivity index (χ0) is 21.1. The van der Waals surface area contributed by atoms with Crippen molar-refractivity contribution in [2.24, 2.45) is 17.4 Å². The number of nitrogens with one attached hydrogen (secondary N) is 1. The van der Waals surface area contributed by atoms with Gasteiger partial charge in [0.05, 0.1) is 12.5 Å². The first kappa shape index (κ1) is 24.9. The molecule has 5 N–H and O–H groups in total. The molecule has 0 aliphatic heterocycles. The van der Waals surface area contributed by atoms with E-state index in [-0.39, 0.29) is 26.4 Å². The normalized spacial score (nSPS) is 11.7. The van der Waals surface area contributed by atoms with E-state index in [0.717, 1.165) is 6.08 Å². The smallest absolute Gasteiger partial charge is 0.407 e. The van der Waals surface area contributed by atoms with Crippen LogP contribution in [0.5, 0.6) is 0 Å². The number of hydrogen-bond donors (Lipinski definition) is 3. The lowest BCUT2D eigenvalue weighted by Gasteiger charge is -2.29. The van der Waals surface area contributed by atoms with Crippen LogP contribution in [0.1, 0.15) is 40.5 Å². The molecule has 9 heteroatoms. The molecule has 0 aliphatic rings. The lowest BCUT2D eigenvalue weighted by Crippen LogP contribution is -2.42. The fourth-order valence-corrected chi connectivity index (χ4v) is 2.32. The standard InChI is InChI=1S/C18H33N3O6/c1-6-14(22)25-8-7-21-16(24)27-10-9-26-15(23)13(11-17(2,3)19)12-18(4,5)20/h6,13H,1,7-12,19-20H2,2-5H3,(H,21,24). The Morgan fingerprint density at radius 1 is 0.963 bits per heavy atom. The molecule has 9 nitrogen and oxygen atoms in total. The van der Waals surface area contributed by atoms with E-state index in [1.807, 2.05) is 27.7 Å². The summed E-state index contributed by atoms with van der Waals surface area (Å²) < 4.78 is 14.7. The Kier molecular flexibility index (Phi) is 10.6. The Hall–Kier alpha value is -2.13. The fourth-order valence-electron chi connectivity index (χ4n) is 2.32. The van der Waals surface area contributed by atoms with Gasteiger partial charge >= 0.3 is 18.0 Å². The zero-order valence-corrected chi connectivity index (χ0v) is 16.7. The van der Waals surface area contributed by atoms with Crippen molar-refractivity contribution in [2.75, 3.05) is 26.4 Å². The van der Waals surface area contributed by atoms with Gasteiger partial charge in [0.2, 0.25) is 0 Å². The van der Waals surface area contributed by atoms with Gasteiger partial charge in [-0.25, -0.2) is 9.59 Å². The first-order chi connectivity index (χ1) is 12.3. The third-order valence-corrected chi connectivity index (χ3v) is 3.22. The van der Waals surface area contributed by atoms with Crippen LogP contribution in [0.3, 0.4) is 0 Å². The Morgan fingerprint density at radius 3 is 1.96 bits per heavy atom. The molecule has 0 atom stereocenters. The third-order valence-electron chi connectivity index (χ3n) is 3.22. The topological polar surface area (TPSA) is 143 Å². The second-order valence-electron chi connectivity index (χ2n) is 7.68. The van der Waals surface area contributed by atoms with Gasteiger partial charge in [0, 0.05) is 17.2 Å². The first-order valence-electron chi connectivity index (χ1n) is 8.78. The van der Waals surface area contributed by atoms with Crippen LogP contribution in [0.25, 0.3) is 0 Å². The molecule has 0 fully saturated rings. The number of amides is 1. The second-order valence-corrected chi connectivity index (χ2v) is 7.68. The van der Waals surface area contributed by atoms with Gasteiger partial charge in [0.15, 0.2) is 0 Å². The van der Waals surface area contributed by atoms with Crippen molar-refractivity contribution in [3.63, 3.8) is 0 Å².